The number of nitrogens with one attached hydrogen (secondary N) is 1. The average Bonchev–Trinajstić information content (AvgIpc) is 3.35. The van der Waals surface area contributed by atoms with Gasteiger partial charge in [0.05, 0.1) is 29.8 Å². The maximum atomic E-state index is 12.9. The Morgan fingerprint density at radius 1 is 1.10 bits per heavy atom. The smallest absolute Gasteiger partial charge is 0.275 e. The molecule has 3 heterocycles. The number of hydrogen-bond donors (Lipinski definition) is 1. The van der Waals surface area contributed by atoms with Crippen LogP contribution in [0.4, 0.5) is 11.4 Å². The summed E-state index contributed by atoms with van der Waals surface area (Å²) in [7, 11) is 0. The summed E-state index contributed by atoms with van der Waals surface area (Å²) in [5.41, 5.74) is 4.32. The van der Waals surface area contributed by atoms with Gasteiger partial charge in [0.25, 0.3) is 5.91 Å². The lowest BCUT2D eigenvalue weighted by atomic mass is 10.1. The van der Waals surface area contributed by atoms with Crippen LogP contribution in [0.15, 0.2) is 68.6 Å². The third kappa shape index (κ3) is 3.83. The van der Waals surface area contributed by atoms with Gasteiger partial charge in [-0.1, -0.05) is 18.2 Å². The van der Waals surface area contributed by atoms with Crippen molar-refractivity contribution in [1.82, 2.24) is 4.98 Å². The Morgan fingerprint density at radius 2 is 1.94 bits per heavy atom. The van der Waals surface area contributed by atoms with E-state index >= 15 is 0 Å². The minimum Gasteiger partial charge on any atom is -0.454 e. The topological polar surface area (TPSA) is 84.7 Å². The Balaban J connectivity index is 1.60. The first-order chi connectivity index (χ1) is 15.2. The molecule has 1 saturated heterocycles. The Labute approximate surface area is 181 Å². The van der Waals surface area contributed by atoms with Gasteiger partial charge >= 0.3 is 0 Å². The lowest BCUT2D eigenvalue weighted by molar-refractivity contribution is 0.102. The second-order valence-electron chi connectivity index (χ2n) is 7.10. The molecule has 1 fully saturated rings. The highest BCUT2D eigenvalue weighted by molar-refractivity contribution is 7.07. The van der Waals surface area contributed by atoms with Crippen molar-refractivity contribution in [2.45, 2.75) is 0 Å². The van der Waals surface area contributed by atoms with Gasteiger partial charge in [0.1, 0.15) is 11.5 Å². The fraction of sp³-hybridized carbons (Fsp3) is 0.174. The Bertz CT molecular complexity index is 1290. The number of anilines is 2. The number of benzene rings is 2. The van der Waals surface area contributed by atoms with E-state index in [-0.39, 0.29) is 11.3 Å². The van der Waals surface area contributed by atoms with Crippen LogP contribution >= 0.6 is 11.3 Å². The summed E-state index contributed by atoms with van der Waals surface area (Å²) in [5, 5.41) is 4.89. The molecule has 0 unspecified atom stereocenters. The number of thiazole rings is 1. The number of hydrogen-bond acceptors (Lipinski definition) is 7. The summed E-state index contributed by atoms with van der Waals surface area (Å²) in [4.78, 5) is 31.7. The average molecular weight is 433 g/mol. The largest absolute Gasteiger partial charge is 0.454 e. The molecule has 5 rings (SSSR count). The Morgan fingerprint density at radius 3 is 2.74 bits per heavy atom. The minimum absolute atomic E-state index is 0.169. The lowest BCUT2D eigenvalue weighted by Crippen LogP contribution is -2.36. The van der Waals surface area contributed by atoms with Crippen LogP contribution in [-0.4, -0.2) is 37.2 Å². The van der Waals surface area contributed by atoms with Crippen molar-refractivity contribution in [3.8, 4) is 11.3 Å². The van der Waals surface area contributed by atoms with E-state index in [9.17, 15) is 9.59 Å². The zero-order valence-electron chi connectivity index (χ0n) is 16.5. The van der Waals surface area contributed by atoms with Gasteiger partial charge in [-0.25, -0.2) is 4.98 Å². The summed E-state index contributed by atoms with van der Waals surface area (Å²) in [6.45, 7) is 2.85. The number of aromatic nitrogens is 1. The van der Waals surface area contributed by atoms with Crippen LogP contribution in [0.1, 0.15) is 10.5 Å². The molecule has 0 atom stereocenters. The number of nitrogens with zero attached hydrogens (tertiary/aromatic N) is 2. The quantitative estimate of drug-likeness (QED) is 0.524. The molecular weight excluding hydrogens is 414 g/mol. The van der Waals surface area contributed by atoms with Gasteiger partial charge in [-0.05, 0) is 24.3 Å². The summed E-state index contributed by atoms with van der Waals surface area (Å²) >= 11 is 1.34. The molecular formula is C23H19N3O4S. The van der Waals surface area contributed by atoms with Gasteiger partial charge in [-0.15, -0.1) is 11.3 Å². The van der Waals surface area contributed by atoms with Crippen molar-refractivity contribution < 1.29 is 13.9 Å². The van der Waals surface area contributed by atoms with Crippen molar-refractivity contribution >= 4 is 39.6 Å². The number of ether oxygens (including phenoxy) is 1. The molecule has 31 heavy (non-hydrogen) atoms. The van der Waals surface area contributed by atoms with E-state index in [1.807, 2.05) is 24.3 Å². The van der Waals surface area contributed by atoms with Gasteiger partial charge in [-0.2, -0.15) is 0 Å². The van der Waals surface area contributed by atoms with Gasteiger partial charge in [-0.3, -0.25) is 9.59 Å². The molecule has 1 aliphatic rings. The molecule has 0 radical (unpaired) electrons. The minimum atomic E-state index is -0.351. The number of carbonyl (C=O) groups excluding carboxylic acids is 1. The number of morpholine rings is 1. The molecule has 156 valence electrons. The third-order valence-corrected chi connectivity index (χ3v) is 5.78. The first kappa shape index (κ1) is 19.5. The number of rotatable bonds is 4. The summed E-state index contributed by atoms with van der Waals surface area (Å²) in [5.74, 6) is 0.102. The van der Waals surface area contributed by atoms with Crippen LogP contribution in [0, 0.1) is 0 Å². The molecule has 8 heteroatoms. The highest BCUT2D eigenvalue weighted by Gasteiger charge is 2.19. The standard InChI is InChI=1S/C23H19N3O4S/c27-20-12-21(15-4-1-2-7-19(15)26-8-10-29-11-9-26)30-22-16(20)5-3-6-17(22)25-23(28)18-13-31-14-24-18/h1-7,12-14H,8-11H2,(H,25,28). The Hall–Kier alpha value is -3.49. The van der Waals surface area contributed by atoms with Crippen LogP contribution in [-0.2, 0) is 4.74 Å². The molecule has 0 spiro atoms. The highest BCUT2D eigenvalue weighted by atomic mass is 32.1. The Kier molecular flexibility index (Phi) is 5.23. The molecule has 0 saturated carbocycles. The van der Waals surface area contributed by atoms with E-state index in [1.165, 1.54) is 17.4 Å². The van der Waals surface area contributed by atoms with Crippen LogP contribution in [0.2, 0.25) is 0 Å². The lowest BCUT2D eigenvalue weighted by Gasteiger charge is -2.30. The highest BCUT2D eigenvalue weighted by Crippen LogP contribution is 2.33. The predicted molar refractivity (Wildman–Crippen MR) is 121 cm³/mol. The fourth-order valence-corrected chi connectivity index (χ4v) is 4.21. The first-order valence-electron chi connectivity index (χ1n) is 9.89. The molecule has 1 amide bonds. The number of amides is 1. The van der Waals surface area contributed by atoms with Crippen LogP contribution in [0.5, 0.6) is 0 Å². The van der Waals surface area contributed by atoms with E-state index in [1.54, 1.807) is 29.1 Å². The summed E-state index contributed by atoms with van der Waals surface area (Å²) < 4.78 is 11.7. The SMILES string of the molecule is O=C(Nc1cccc2c(=O)cc(-c3ccccc3N3CCOCC3)oc12)c1cscn1. The molecule has 1 N–H and O–H groups in total. The van der Waals surface area contributed by atoms with E-state index in [4.69, 9.17) is 9.15 Å². The van der Waals surface area contributed by atoms with Crippen LogP contribution in [0.25, 0.3) is 22.3 Å². The molecule has 4 aromatic rings. The van der Waals surface area contributed by atoms with E-state index in [0.717, 1.165) is 24.3 Å². The summed E-state index contributed by atoms with van der Waals surface area (Å²) in [6, 6.07) is 14.5. The molecule has 1 aliphatic heterocycles. The van der Waals surface area contributed by atoms with Crippen molar-refractivity contribution in [3.05, 3.63) is 75.3 Å². The van der Waals surface area contributed by atoms with Gasteiger partial charge in [0.2, 0.25) is 0 Å². The first-order valence-corrected chi connectivity index (χ1v) is 10.8. The van der Waals surface area contributed by atoms with Gasteiger partial charge in [0, 0.05) is 35.8 Å². The van der Waals surface area contributed by atoms with E-state index in [2.05, 4.69) is 15.2 Å². The van der Waals surface area contributed by atoms with Crippen molar-refractivity contribution in [2.75, 3.05) is 36.5 Å². The molecule has 2 aromatic heterocycles. The van der Waals surface area contributed by atoms with Crippen molar-refractivity contribution in [3.63, 3.8) is 0 Å². The maximum Gasteiger partial charge on any atom is 0.275 e. The van der Waals surface area contributed by atoms with Gasteiger partial charge < -0.3 is 19.4 Å². The van der Waals surface area contributed by atoms with Crippen LogP contribution in [0.3, 0.4) is 0 Å². The molecule has 0 aliphatic carbocycles. The molecule has 2 aromatic carbocycles. The molecule has 0 bridgehead atoms. The van der Waals surface area contributed by atoms with Crippen molar-refractivity contribution in [1.29, 1.82) is 0 Å². The summed E-state index contributed by atoms with van der Waals surface area (Å²) in [6.07, 6.45) is 0. The zero-order valence-corrected chi connectivity index (χ0v) is 17.4. The normalized spacial score (nSPS) is 14.0. The predicted octanol–water partition coefficient (Wildman–Crippen LogP) is 4.01. The van der Waals surface area contributed by atoms with Crippen LogP contribution < -0.4 is 15.6 Å². The zero-order chi connectivity index (χ0) is 21.2. The second kappa shape index (κ2) is 8.33. The van der Waals surface area contributed by atoms with E-state index in [0.29, 0.717) is 41.3 Å². The monoisotopic (exact) mass is 433 g/mol. The number of fused-ring (bicyclic) bond motifs is 1. The number of carbonyl (C=O) groups is 1. The second-order valence-corrected chi connectivity index (χ2v) is 7.82. The van der Waals surface area contributed by atoms with Gasteiger partial charge in [0.15, 0.2) is 11.0 Å². The number of para-hydroxylation sites is 2. The maximum absolute atomic E-state index is 12.9. The fourth-order valence-electron chi connectivity index (χ4n) is 3.68. The van der Waals surface area contributed by atoms with Crippen molar-refractivity contribution in [2.24, 2.45) is 0 Å². The third-order valence-electron chi connectivity index (χ3n) is 5.19. The van der Waals surface area contributed by atoms with E-state index < -0.39 is 0 Å². The molecule has 7 nitrogen and oxygen atoms in total.